The highest BCUT2D eigenvalue weighted by molar-refractivity contribution is 5.72. The van der Waals surface area contributed by atoms with Gasteiger partial charge in [0.15, 0.2) is 0 Å². The highest BCUT2D eigenvalue weighted by Gasteiger charge is 2.07. The van der Waals surface area contributed by atoms with Crippen LogP contribution in [0.1, 0.15) is 12.8 Å². The molecule has 0 unspecified atom stereocenters. The largest absolute Gasteiger partial charge is 0.480 e. The summed E-state index contributed by atoms with van der Waals surface area (Å²) >= 11 is 0. The molecule has 0 heterocycles. The SMILES string of the molecule is [CH2]CC[C@@H](N)C(=O)O. The molecule has 0 aromatic heterocycles. The van der Waals surface area contributed by atoms with Gasteiger partial charge in [0.1, 0.15) is 6.04 Å². The summed E-state index contributed by atoms with van der Waals surface area (Å²) in [6.45, 7) is 3.46. The lowest BCUT2D eigenvalue weighted by atomic mass is 10.2. The zero-order chi connectivity index (χ0) is 6.57. The van der Waals surface area contributed by atoms with Crippen LogP contribution in [0.4, 0.5) is 0 Å². The van der Waals surface area contributed by atoms with Crippen molar-refractivity contribution in [1.29, 1.82) is 0 Å². The van der Waals surface area contributed by atoms with Crippen molar-refractivity contribution in [1.82, 2.24) is 0 Å². The van der Waals surface area contributed by atoms with E-state index in [1.807, 2.05) is 0 Å². The normalized spacial score (nSPS) is 13.2. The van der Waals surface area contributed by atoms with Crippen molar-refractivity contribution in [3.05, 3.63) is 6.92 Å². The molecule has 3 nitrogen and oxygen atoms in total. The lowest BCUT2D eigenvalue weighted by Gasteiger charge is -2.00. The van der Waals surface area contributed by atoms with Crippen LogP contribution in [-0.4, -0.2) is 17.1 Å². The van der Waals surface area contributed by atoms with Crippen LogP contribution in [-0.2, 0) is 4.79 Å². The molecule has 0 saturated heterocycles. The Morgan fingerprint density at radius 1 is 1.88 bits per heavy atom. The number of carboxylic acid groups (broad SMARTS) is 1. The summed E-state index contributed by atoms with van der Waals surface area (Å²) in [6, 6.07) is -0.729. The highest BCUT2D eigenvalue weighted by atomic mass is 16.4. The third-order valence-electron chi connectivity index (χ3n) is 0.832. The minimum absolute atomic E-state index is 0.454. The van der Waals surface area contributed by atoms with Gasteiger partial charge in [0.2, 0.25) is 0 Å². The molecule has 3 N–H and O–H groups in total. The molecule has 0 amide bonds. The summed E-state index contributed by atoms with van der Waals surface area (Å²) in [4.78, 5) is 9.94. The van der Waals surface area contributed by atoms with Gasteiger partial charge in [-0.1, -0.05) is 13.3 Å². The van der Waals surface area contributed by atoms with Gasteiger partial charge >= 0.3 is 5.97 Å². The summed E-state index contributed by atoms with van der Waals surface area (Å²) in [5, 5.41) is 8.16. The fourth-order valence-electron chi connectivity index (χ4n) is 0.343. The van der Waals surface area contributed by atoms with Crippen LogP contribution in [0.5, 0.6) is 0 Å². The van der Waals surface area contributed by atoms with Crippen LogP contribution in [0.15, 0.2) is 0 Å². The summed E-state index contributed by atoms with van der Waals surface area (Å²) < 4.78 is 0. The average Bonchev–Trinajstić information content (AvgIpc) is 1.67. The van der Waals surface area contributed by atoms with E-state index < -0.39 is 12.0 Å². The molecule has 0 spiro atoms. The minimum atomic E-state index is -0.950. The van der Waals surface area contributed by atoms with Gasteiger partial charge in [0.05, 0.1) is 0 Å². The van der Waals surface area contributed by atoms with E-state index in [1.54, 1.807) is 0 Å². The maximum absolute atomic E-state index is 9.94. The molecule has 0 saturated carbocycles. The molecule has 0 fully saturated rings. The Morgan fingerprint density at radius 3 is 2.50 bits per heavy atom. The molecule has 0 bridgehead atoms. The number of hydrogen-bond acceptors (Lipinski definition) is 2. The number of hydrogen-bond donors (Lipinski definition) is 2. The zero-order valence-corrected chi connectivity index (χ0v) is 4.63. The van der Waals surface area contributed by atoms with Crippen molar-refractivity contribution in [2.24, 2.45) is 5.73 Å². The molecular weight excluding hydrogens is 106 g/mol. The van der Waals surface area contributed by atoms with Crippen molar-refractivity contribution in [3.8, 4) is 0 Å². The number of nitrogens with two attached hydrogens (primary N) is 1. The van der Waals surface area contributed by atoms with Crippen LogP contribution >= 0.6 is 0 Å². The molecular formula is C5H10NO2. The van der Waals surface area contributed by atoms with Crippen LogP contribution in [0.2, 0.25) is 0 Å². The molecule has 1 radical (unpaired) electrons. The first-order valence-corrected chi connectivity index (χ1v) is 2.46. The molecule has 8 heavy (non-hydrogen) atoms. The minimum Gasteiger partial charge on any atom is -0.480 e. The molecule has 0 rings (SSSR count). The van der Waals surface area contributed by atoms with Gasteiger partial charge in [-0.3, -0.25) is 4.79 Å². The molecule has 0 aliphatic heterocycles. The monoisotopic (exact) mass is 116 g/mol. The number of aliphatic carboxylic acids is 1. The summed E-state index contributed by atoms with van der Waals surface area (Å²) in [6.07, 6.45) is 1.03. The summed E-state index contributed by atoms with van der Waals surface area (Å²) in [7, 11) is 0. The Bertz CT molecular complexity index is 82.5. The molecule has 0 aromatic rings. The third kappa shape index (κ3) is 2.58. The fraction of sp³-hybridized carbons (Fsp3) is 0.600. The van der Waals surface area contributed by atoms with Crippen molar-refractivity contribution < 1.29 is 9.90 Å². The smallest absolute Gasteiger partial charge is 0.320 e. The van der Waals surface area contributed by atoms with E-state index in [-0.39, 0.29) is 0 Å². The maximum atomic E-state index is 9.94. The first-order valence-electron chi connectivity index (χ1n) is 2.46. The van der Waals surface area contributed by atoms with E-state index >= 15 is 0 Å². The Kier molecular flexibility index (Phi) is 3.19. The van der Waals surface area contributed by atoms with Gasteiger partial charge in [0.25, 0.3) is 0 Å². The van der Waals surface area contributed by atoms with Crippen LogP contribution in [0.25, 0.3) is 0 Å². The predicted molar refractivity (Wildman–Crippen MR) is 30.2 cm³/mol. The first-order chi connectivity index (χ1) is 3.68. The van der Waals surface area contributed by atoms with E-state index in [1.165, 1.54) is 0 Å². The summed E-state index contributed by atoms with van der Waals surface area (Å²) in [5.41, 5.74) is 5.09. The van der Waals surface area contributed by atoms with Gasteiger partial charge in [-0.15, -0.1) is 0 Å². The van der Waals surface area contributed by atoms with E-state index in [2.05, 4.69) is 6.92 Å². The molecule has 0 aliphatic carbocycles. The van der Waals surface area contributed by atoms with Gasteiger partial charge in [-0.05, 0) is 6.42 Å². The first kappa shape index (κ1) is 7.43. The Hall–Kier alpha value is -0.570. The molecule has 1 atom stereocenters. The van der Waals surface area contributed by atoms with Crippen LogP contribution < -0.4 is 5.73 Å². The molecule has 3 heteroatoms. The fourth-order valence-corrected chi connectivity index (χ4v) is 0.343. The Morgan fingerprint density at radius 2 is 2.38 bits per heavy atom. The van der Waals surface area contributed by atoms with Gasteiger partial charge in [-0.25, -0.2) is 0 Å². The second-order valence-corrected chi connectivity index (χ2v) is 1.59. The lowest BCUT2D eigenvalue weighted by Crippen LogP contribution is -2.29. The number of carbonyl (C=O) groups is 1. The number of carboxylic acids is 1. The highest BCUT2D eigenvalue weighted by Crippen LogP contribution is 1.90. The van der Waals surface area contributed by atoms with Crippen molar-refractivity contribution in [2.45, 2.75) is 18.9 Å². The average molecular weight is 116 g/mol. The molecule has 0 aromatic carbocycles. The van der Waals surface area contributed by atoms with Crippen molar-refractivity contribution in [2.75, 3.05) is 0 Å². The topological polar surface area (TPSA) is 63.3 Å². The van der Waals surface area contributed by atoms with Crippen molar-refractivity contribution in [3.63, 3.8) is 0 Å². The van der Waals surface area contributed by atoms with E-state index in [0.717, 1.165) is 0 Å². The zero-order valence-electron chi connectivity index (χ0n) is 4.63. The molecule has 0 aliphatic rings. The summed E-state index contributed by atoms with van der Waals surface area (Å²) in [5.74, 6) is -0.950. The Balaban J connectivity index is 3.32. The van der Waals surface area contributed by atoms with Gasteiger partial charge in [-0.2, -0.15) is 0 Å². The maximum Gasteiger partial charge on any atom is 0.320 e. The Labute approximate surface area is 48.5 Å². The van der Waals surface area contributed by atoms with Gasteiger partial charge in [0, 0.05) is 0 Å². The van der Waals surface area contributed by atoms with Crippen molar-refractivity contribution >= 4 is 5.97 Å². The quantitative estimate of drug-likeness (QED) is 0.546. The third-order valence-corrected chi connectivity index (χ3v) is 0.832. The van der Waals surface area contributed by atoms with Crippen LogP contribution in [0, 0.1) is 6.92 Å². The standard InChI is InChI=1S/C5H10NO2/c1-2-3-4(6)5(7)8/h4H,1-3,6H2,(H,7,8)/t4-/m1/s1. The second kappa shape index (κ2) is 3.43. The van der Waals surface area contributed by atoms with Crippen LogP contribution in [0.3, 0.4) is 0 Å². The second-order valence-electron chi connectivity index (χ2n) is 1.59. The molecule has 47 valence electrons. The number of rotatable bonds is 3. The van der Waals surface area contributed by atoms with Gasteiger partial charge < -0.3 is 10.8 Å². The van der Waals surface area contributed by atoms with E-state index in [0.29, 0.717) is 12.8 Å². The predicted octanol–water partition coefficient (Wildman–Crippen LogP) is 0.0126. The van der Waals surface area contributed by atoms with E-state index in [4.69, 9.17) is 10.8 Å². The lowest BCUT2D eigenvalue weighted by molar-refractivity contribution is -0.138. The van der Waals surface area contributed by atoms with E-state index in [9.17, 15) is 4.79 Å².